The topological polar surface area (TPSA) is 47.3 Å². The van der Waals surface area contributed by atoms with Gasteiger partial charge in [-0.05, 0) is 56.4 Å². The summed E-state index contributed by atoms with van der Waals surface area (Å²) < 4.78 is 20.1. The standard InChI is InChI=1S/C14H20BrFN2O/c1-14(6-2-3-7-19-14)13(18-17)9-10-8-11(16)4-5-12(10)15/h4-5,8,13,18H,2-3,6-7,9,17H2,1H3. The first-order valence-electron chi connectivity index (χ1n) is 6.59. The number of benzene rings is 1. The Kier molecular flexibility index (Phi) is 4.95. The number of halogens is 2. The van der Waals surface area contributed by atoms with Crippen molar-refractivity contribution in [3.05, 3.63) is 34.1 Å². The quantitative estimate of drug-likeness (QED) is 0.659. The van der Waals surface area contributed by atoms with Crippen molar-refractivity contribution in [2.75, 3.05) is 6.61 Å². The Hall–Kier alpha value is -0.490. The maximum atomic E-state index is 13.3. The van der Waals surface area contributed by atoms with Crippen molar-refractivity contribution in [3.63, 3.8) is 0 Å². The van der Waals surface area contributed by atoms with Crippen molar-refractivity contribution < 1.29 is 9.13 Å². The van der Waals surface area contributed by atoms with Gasteiger partial charge in [-0.15, -0.1) is 0 Å². The second-order valence-electron chi connectivity index (χ2n) is 5.28. The molecule has 1 aliphatic rings. The Labute approximate surface area is 121 Å². The molecule has 0 spiro atoms. The van der Waals surface area contributed by atoms with Crippen molar-refractivity contribution >= 4 is 15.9 Å². The molecule has 1 heterocycles. The summed E-state index contributed by atoms with van der Waals surface area (Å²) in [7, 11) is 0. The molecule has 1 aromatic rings. The third-order valence-electron chi connectivity index (χ3n) is 3.87. The van der Waals surface area contributed by atoms with Crippen molar-refractivity contribution in [3.8, 4) is 0 Å². The predicted octanol–water partition coefficient (Wildman–Crippen LogP) is 2.92. The Balaban J connectivity index is 2.16. The molecule has 3 nitrogen and oxygen atoms in total. The van der Waals surface area contributed by atoms with Crippen LogP contribution in [0.3, 0.4) is 0 Å². The van der Waals surface area contributed by atoms with E-state index in [2.05, 4.69) is 28.3 Å². The van der Waals surface area contributed by atoms with Gasteiger partial charge >= 0.3 is 0 Å². The first-order chi connectivity index (χ1) is 9.05. The lowest BCUT2D eigenvalue weighted by Gasteiger charge is -2.40. The minimum atomic E-state index is -0.293. The zero-order valence-corrected chi connectivity index (χ0v) is 12.7. The highest BCUT2D eigenvalue weighted by atomic mass is 79.9. The molecule has 2 unspecified atom stereocenters. The monoisotopic (exact) mass is 330 g/mol. The predicted molar refractivity (Wildman–Crippen MR) is 77.1 cm³/mol. The van der Waals surface area contributed by atoms with Gasteiger partial charge < -0.3 is 4.74 Å². The molecule has 1 saturated heterocycles. The summed E-state index contributed by atoms with van der Waals surface area (Å²) in [5.41, 5.74) is 3.45. The van der Waals surface area contributed by atoms with E-state index in [4.69, 9.17) is 10.6 Å². The van der Waals surface area contributed by atoms with Gasteiger partial charge in [0.05, 0.1) is 11.6 Å². The van der Waals surface area contributed by atoms with Crippen LogP contribution in [-0.2, 0) is 11.2 Å². The highest BCUT2D eigenvalue weighted by molar-refractivity contribution is 9.10. The van der Waals surface area contributed by atoms with E-state index in [-0.39, 0.29) is 17.5 Å². The maximum Gasteiger partial charge on any atom is 0.123 e. The van der Waals surface area contributed by atoms with Gasteiger partial charge in [-0.1, -0.05) is 15.9 Å². The fourth-order valence-corrected chi connectivity index (χ4v) is 3.01. The summed E-state index contributed by atoms with van der Waals surface area (Å²) >= 11 is 3.45. The third-order valence-corrected chi connectivity index (χ3v) is 4.64. The number of rotatable bonds is 4. The molecule has 0 aliphatic carbocycles. The van der Waals surface area contributed by atoms with Crippen LogP contribution >= 0.6 is 15.9 Å². The van der Waals surface area contributed by atoms with Gasteiger partial charge in [0.15, 0.2) is 0 Å². The van der Waals surface area contributed by atoms with Crippen molar-refractivity contribution in [1.82, 2.24) is 5.43 Å². The van der Waals surface area contributed by atoms with Crippen LogP contribution in [0.25, 0.3) is 0 Å². The highest BCUT2D eigenvalue weighted by Gasteiger charge is 2.36. The summed E-state index contributed by atoms with van der Waals surface area (Å²) in [5, 5.41) is 0. The van der Waals surface area contributed by atoms with Crippen molar-refractivity contribution in [1.29, 1.82) is 0 Å². The Morgan fingerprint density at radius 3 is 2.95 bits per heavy atom. The van der Waals surface area contributed by atoms with Crippen LogP contribution < -0.4 is 11.3 Å². The molecule has 0 bridgehead atoms. The van der Waals surface area contributed by atoms with Crippen LogP contribution in [-0.4, -0.2) is 18.2 Å². The average molecular weight is 331 g/mol. The molecule has 0 aromatic heterocycles. The summed E-state index contributed by atoms with van der Waals surface area (Å²) in [6.07, 6.45) is 3.83. The maximum absolute atomic E-state index is 13.3. The molecule has 2 atom stereocenters. The Morgan fingerprint density at radius 2 is 2.32 bits per heavy atom. The van der Waals surface area contributed by atoms with Crippen LogP contribution in [0.1, 0.15) is 31.7 Å². The van der Waals surface area contributed by atoms with E-state index >= 15 is 0 Å². The van der Waals surface area contributed by atoms with E-state index in [9.17, 15) is 4.39 Å². The van der Waals surface area contributed by atoms with Crippen LogP contribution in [0, 0.1) is 5.82 Å². The number of hydrogen-bond acceptors (Lipinski definition) is 3. The molecule has 1 aromatic carbocycles. The number of ether oxygens (including phenoxy) is 1. The Morgan fingerprint density at radius 1 is 1.53 bits per heavy atom. The first kappa shape index (κ1) is 14.9. The molecule has 1 aliphatic heterocycles. The van der Waals surface area contributed by atoms with Crippen molar-refractivity contribution in [2.24, 2.45) is 5.84 Å². The van der Waals surface area contributed by atoms with Crippen LogP contribution in [0.5, 0.6) is 0 Å². The minimum absolute atomic E-state index is 0.0362. The summed E-state index contributed by atoms with van der Waals surface area (Å²) in [6, 6.07) is 4.67. The van der Waals surface area contributed by atoms with Crippen molar-refractivity contribution in [2.45, 2.75) is 44.2 Å². The molecule has 2 rings (SSSR count). The zero-order valence-electron chi connectivity index (χ0n) is 11.1. The molecule has 1 fully saturated rings. The van der Waals surface area contributed by atoms with Gasteiger partial charge in [0.2, 0.25) is 0 Å². The number of hydrazine groups is 1. The second kappa shape index (κ2) is 6.31. The molecular formula is C14H20BrFN2O. The van der Waals surface area contributed by atoms with E-state index in [1.165, 1.54) is 6.07 Å². The highest BCUT2D eigenvalue weighted by Crippen LogP contribution is 2.30. The van der Waals surface area contributed by atoms with Gasteiger partial charge in [-0.2, -0.15) is 0 Å². The van der Waals surface area contributed by atoms with Gasteiger partial charge in [-0.3, -0.25) is 11.3 Å². The average Bonchev–Trinajstić information content (AvgIpc) is 2.40. The van der Waals surface area contributed by atoms with Gasteiger partial charge in [0.25, 0.3) is 0 Å². The second-order valence-corrected chi connectivity index (χ2v) is 6.13. The summed E-state index contributed by atoms with van der Waals surface area (Å²) in [6.45, 7) is 2.84. The molecule has 5 heteroatoms. The summed E-state index contributed by atoms with van der Waals surface area (Å²) in [4.78, 5) is 0. The lowest BCUT2D eigenvalue weighted by molar-refractivity contribution is -0.0885. The van der Waals surface area contributed by atoms with Gasteiger partial charge in [-0.25, -0.2) is 4.39 Å². The van der Waals surface area contributed by atoms with E-state index in [1.807, 2.05) is 0 Å². The van der Waals surface area contributed by atoms with E-state index in [0.717, 1.165) is 35.9 Å². The van der Waals surface area contributed by atoms with Gasteiger partial charge in [0.1, 0.15) is 5.82 Å². The fourth-order valence-electron chi connectivity index (χ4n) is 2.60. The lowest BCUT2D eigenvalue weighted by atomic mass is 9.85. The number of hydrogen-bond donors (Lipinski definition) is 2. The SMILES string of the molecule is CC1(C(Cc2cc(F)ccc2Br)NN)CCCCO1. The van der Waals surface area contributed by atoms with E-state index in [1.54, 1.807) is 12.1 Å². The Bertz CT molecular complexity index is 435. The first-order valence-corrected chi connectivity index (χ1v) is 7.38. The number of nitrogens with one attached hydrogen (secondary N) is 1. The van der Waals surface area contributed by atoms with E-state index < -0.39 is 0 Å². The number of nitrogens with two attached hydrogens (primary N) is 1. The van der Waals surface area contributed by atoms with Crippen LogP contribution in [0.2, 0.25) is 0 Å². The third kappa shape index (κ3) is 3.54. The molecule has 19 heavy (non-hydrogen) atoms. The molecule has 0 radical (unpaired) electrons. The largest absolute Gasteiger partial charge is 0.374 e. The summed E-state index contributed by atoms with van der Waals surface area (Å²) in [5.74, 6) is 5.45. The molecule has 0 amide bonds. The minimum Gasteiger partial charge on any atom is -0.374 e. The van der Waals surface area contributed by atoms with Gasteiger partial charge in [0, 0.05) is 11.1 Å². The molecule has 106 valence electrons. The van der Waals surface area contributed by atoms with Crippen LogP contribution in [0.4, 0.5) is 4.39 Å². The molecule has 0 saturated carbocycles. The molecule has 3 N–H and O–H groups in total. The van der Waals surface area contributed by atoms with Crippen LogP contribution in [0.15, 0.2) is 22.7 Å². The molecular weight excluding hydrogens is 311 g/mol. The fraction of sp³-hybridized carbons (Fsp3) is 0.571. The normalized spacial score (nSPS) is 25.3. The zero-order chi connectivity index (χ0) is 13.9. The lowest BCUT2D eigenvalue weighted by Crippen LogP contribution is -2.55. The smallest absolute Gasteiger partial charge is 0.123 e. The van der Waals surface area contributed by atoms with E-state index in [0.29, 0.717) is 6.42 Å².